The predicted molar refractivity (Wildman–Crippen MR) is 199 cm³/mol. The van der Waals surface area contributed by atoms with E-state index in [9.17, 15) is 8.78 Å². The third kappa shape index (κ3) is 7.03. The van der Waals surface area contributed by atoms with Gasteiger partial charge < -0.3 is 18.9 Å². The number of hydrogen-bond acceptors (Lipinski definition) is 10. The molecule has 5 heterocycles. The molecule has 0 fully saturated rings. The minimum atomic E-state index is -0.307. The Kier molecular flexibility index (Phi) is 9.59. The summed E-state index contributed by atoms with van der Waals surface area (Å²) in [5.74, 6) is 2.01. The van der Waals surface area contributed by atoms with Gasteiger partial charge in [-0.15, -0.1) is 10.2 Å². The number of hydrogen-bond donors (Lipinski definition) is 0. The zero-order valence-corrected chi connectivity index (χ0v) is 29.4. The number of rotatable bonds is 8. The fourth-order valence-electron chi connectivity index (χ4n) is 6.03. The monoisotopic (exact) mass is 736 g/mol. The Labute approximate surface area is 313 Å². The number of aromatic nitrogens is 8. The first-order valence-electron chi connectivity index (χ1n) is 16.9. The smallest absolute Gasteiger partial charge is 0.231 e. The predicted octanol–water partition coefficient (Wildman–Crippen LogP) is 8.02. The summed E-state index contributed by atoms with van der Waals surface area (Å²) in [7, 11) is 3.18. The van der Waals surface area contributed by atoms with Gasteiger partial charge in [0, 0.05) is 59.2 Å². The third-order valence-electron chi connectivity index (χ3n) is 8.70. The molecule has 0 bridgehead atoms. The molecule has 0 saturated carbocycles. The van der Waals surface area contributed by atoms with Gasteiger partial charge in [-0.1, -0.05) is 10.4 Å². The summed E-state index contributed by atoms with van der Waals surface area (Å²) in [6.45, 7) is 0.203. The van der Waals surface area contributed by atoms with Gasteiger partial charge in [-0.3, -0.25) is 9.97 Å². The first kappa shape index (κ1) is 34.6. The van der Waals surface area contributed by atoms with Gasteiger partial charge in [0.05, 0.1) is 19.9 Å². The van der Waals surface area contributed by atoms with Gasteiger partial charge in [0.2, 0.25) is 6.79 Å². The highest BCUT2D eigenvalue weighted by atomic mass is 19.1. The van der Waals surface area contributed by atoms with Crippen molar-refractivity contribution in [3.8, 4) is 79.4 Å². The molecule has 272 valence electrons. The molecule has 0 unspecified atom stereocenters. The highest BCUT2D eigenvalue weighted by Crippen LogP contribution is 2.38. The van der Waals surface area contributed by atoms with Crippen LogP contribution in [-0.4, -0.2) is 61.0 Å². The van der Waals surface area contributed by atoms with Crippen molar-refractivity contribution < 1.29 is 27.7 Å². The molecular weight excluding hydrogens is 706 g/mol. The maximum atomic E-state index is 13.4. The summed E-state index contributed by atoms with van der Waals surface area (Å²) in [5, 5.41) is 17.4. The molecule has 9 rings (SSSR count). The number of pyridine rings is 2. The lowest BCUT2D eigenvalue weighted by Crippen LogP contribution is -2.03. The van der Waals surface area contributed by atoms with Crippen LogP contribution in [0.2, 0.25) is 0 Å². The number of methoxy groups -OCH3 is 2. The third-order valence-corrected chi connectivity index (χ3v) is 8.70. The highest BCUT2D eigenvalue weighted by molar-refractivity contribution is 5.80. The molecule has 4 aromatic carbocycles. The summed E-state index contributed by atoms with van der Waals surface area (Å²) in [6, 6.07) is 30.9. The molecule has 8 aromatic rings. The molecule has 0 radical (unpaired) electrons. The summed E-state index contributed by atoms with van der Waals surface area (Å²) in [5.41, 5.74) is 7.59. The fourth-order valence-corrected chi connectivity index (χ4v) is 6.03. The van der Waals surface area contributed by atoms with Crippen molar-refractivity contribution >= 4 is 0 Å². The molecule has 55 heavy (non-hydrogen) atoms. The van der Waals surface area contributed by atoms with Gasteiger partial charge in [0.25, 0.3) is 0 Å². The number of benzene rings is 4. The average Bonchev–Trinajstić information content (AvgIpc) is 4.01. The molecule has 0 aliphatic carbocycles. The summed E-state index contributed by atoms with van der Waals surface area (Å²) < 4.78 is 51.8. The van der Waals surface area contributed by atoms with Crippen molar-refractivity contribution in [1.82, 2.24) is 40.0 Å². The standard InChI is InChI=1S/C21H17FN4O2.C20H13FN4O2/c1-27-17-7-8-18(19(13-17)28-2)26-21(15-9-11-23-12-10-15)20(24-25-26)14-3-5-16(22)6-4-14;21-15-3-1-13(2-4-15)19-20(14-7-9-22-10-8-14)25(24-23-19)16-5-6-17-18(11-16)27-12-26-17/h3-13H,1-2H3;1-11H,12H2. The lowest BCUT2D eigenvalue weighted by molar-refractivity contribution is 0.174. The lowest BCUT2D eigenvalue weighted by Gasteiger charge is -2.13. The summed E-state index contributed by atoms with van der Waals surface area (Å²) in [4.78, 5) is 8.17. The Morgan fingerprint density at radius 1 is 0.545 bits per heavy atom. The first-order chi connectivity index (χ1) is 27.0. The van der Waals surface area contributed by atoms with Crippen LogP contribution in [-0.2, 0) is 0 Å². The molecule has 4 aromatic heterocycles. The summed E-state index contributed by atoms with van der Waals surface area (Å²) in [6.07, 6.45) is 6.82. The van der Waals surface area contributed by atoms with Gasteiger partial charge >= 0.3 is 0 Å². The maximum Gasteiger partial charge on any atom is 0.231 e. The van der Waals surface area contributed by atoms with E-state index in [0.717, 1.165) is 39.3 Å². The summed E-state index contributed by atoms with van der Waals surface area (Å²) >= 11 is 0. The first-order valence-corrected chi connectivity index (χ1v) is 16.9. The Balaban J connectivity index is 0.000000155. The molecule has 1 aliphatic rings. The minimum Gasteiger partial charge on any atom is -0.497 e. The average molecular weight is 737 g/mol. The molecule has 0 saturated heterocycles. The normalized spacial score (nSPS) is 11.5. The molecular formula is C41H30F2N8O4. The van der Waals surface area contributed by atoms with Crippen LogP contribution in [0.25, 0.3) is 56.4 Å². The van der Waals surface area contributed by atoms with Crippen molar-refractivity contribution in [2.24, 2.45) is 0 Å². The Hall–Kier alpha value is -7.48. The number of ether oxygens (including phenoxy) is 4. The molecule has 0 atom stereocenters. The second-order valence-corrected chi connectivity index (χ2v) is 12.0. The molecule has 1 aliphatic heterocycles. The van der Waals surface area contributed by atoms with E-state index in [0.29, 0.717) is 40.1 Å². The van der Waals surface area contributed by atoms with Crippen LogP contribution in [0.4, 0.5) is 8.78 Å². The number of fused-ring (bicyclic) bond motifs is 1. The minimum absolute atomic E-state index is 0.203. The van der Waals surface area contributed by atoms with Gasteiger partial charge in [-0.05, 0) is 97.1 Å². The molecule has 0 amide bonds. The lowest BCUT2D eigenvalue weighted by atomic mass is 10.1. The van der Waals surface area contributed by atoms with E-state index in [1.807, 2.05) is 54.6 Å². The quantitative estimate of drug-likeness (QED) is 0.152. The van der Waals surface area contributed by atoms with Crippen molar-refractivity contribution in [2.75, 3.05) is 21.0 Å². The largest absolute Gasteiger partial charge is 0.497 e. The zero-order valence-electron chi connectivity index (χ0n) is 29.4. The van der Waals surface area contributed by atoms with Gasteiger partial charge in [-0.25, -0.2) is 18.1 Å². The van der Waals surface area contributed by atoms with E-state index in [-0.39, 0.29) is 18.4 Å². The van der Waals surface area contributed by atoms with E-state index in [2.05, 4.69) is 30.6 Å². The Morgan fingerprint density at radius 2 is 1.09 bits per heavy atom. The van der Waals surface area contributed by atoms with Crippen LogP contribution >= 0.6 is 0 Å². The van der Waals surface area contributed by atoms with Crippen molar-refractivity contribution in [3.63, 3.8) is 0 Å². The topological polar surface area (TPSA) is 124 Å². The molecule has 0 spiro atoms. The fraction of sp³-hybridized carbons (Fsp3) is 0.0732. The van der Waals surface area contributed by atoms with Crippen LogP contribution in [0.1, 0.15) is 0 Å². The van der Waals surface area contributed by atoms with Crippen LogP contribution in [0.3, 0.4) is 0 Å². The van der Waals surface area contributed by atoms with E-state index < -0.39 is 0 Å². The molecule has 12 nitrogen and oxygen atoms in total. The SMILES string of the molecule is COc1ccc(-n2nnc(-c3ccc(F)cc3)c2-c2ccncc2)c(OC)c1.Fc1ccc(-c2nnn(-c3ccc4c(c3)OCO4)c2-c2ccncc2)cc1. The number of halogens is 2. The van der Waals surface area contributed by atoms with E-state index in [4.69, 9.17) is 18.9 Å². The maximum absolute atomic E-state index is 13.4. The van der Waals surface area contributed by atoms with E-state index >= 15 is 0 Å². The Bertz CT molecular complexity index is 2570. The van der Waals surface area contributed by atoms with Gasteiger partial charge in [0.15, 0.2) is 11.5 Å². The van der Waals surface area contributed by atoms with Gasteiger partial charge in [-0.2, -0.15) is 0 Å². The van der Waals surface area contributed by atoms with Crippen LogP contribution in [0.5, 0.6) is 23.0 Å². The van der Waals surface area contributed by atoms with Crippen molar-refractivity contribution in [3.05, 3.63) is 146 Å². The second kappa shape index (κ2) is 15.2. The van der Waals surface area contributed by atoms with Gasteiger partial charge in [0.1, 0.15) is 51.6 Å². The molecule has 14 heteroatoms. The van der Waals surface area contributed by atoms with Crippen molar-refractivity contribution in [1.29, 1.82) is 0 Å². The van der Waals surface area contributed by atoms with Crippen LogP contribution < -0.4 is 18.9 Å². The number of nitrogens with zero attached hydrogens (tertiary/aromatic N) is 8. The zero-order chi connectivity index (χ0) is 37.7. The van der Waals surface area contributed by atoms with Crippen LogP contribution in [0.15, 0.2) is 134 Å². The Morgan fingerprint density at radius 3 is 1.65 bits per heavy atom. The molecule has 0 N–H and O–H groups in total. The van der Waals surface area contributed by atoms with Crippen LogP contribution in [0, 0.1) is 11.6 Å². The van der Waals surface area contributed by atoms with E-state index in [1.165, 1.54) is 24.3 Å². The van der Waals surface area contributed by atoms with E-state index in [1.54, 1.807) is 78.7 Å². The highest BCUT2D eigenvalue weighted by Gasteiger charge is 2.22. The second-order valence-electron chi connectivity index (χ2n) is 12.0. The van der Waals surface area contributed by atoms with Crippen molar-refractivity contribution in [2.45, 2.75) is 0 Å².